The fourth-order valence-electron chi connectivity index (χ4n) is 3.64. The van der Waals surface area contributed by atoms with E-state index in [1.165, 1.54) is 11.1 Å². The molecule has 4 rings (SSSR count). The number of pyridine rings is 1. The zero-order valence-corrected chi connectivity index (χ0v) is 19.8. The van der Waals surface area contributed by atoms with E-state index in [2.05, 4.69) is 94.7 Å². The number of hydrogen-bond donors (Lipinski definition) is 0. The van der Waals surface area contributed by atoms with Gasteiger partial charge in [-0.1, -0.05) is 60.7 Å². The molecule has 2 heterocycles. The van der Waals surface area contributed by atoms with Crippen LogP contribution in [0, 0.1) is 0 Å². The summed E-state index contributed by atoms with van der Waals surface area (Å²) in [6.07, 6.45) is 6.71. The summed E-state index contributed by atoms with van der Waals surface area (Å²) in [7, 11) is 0. The summed E-state index contributed by atoms with van der Waals surface area (Å²) in [5.41, 5.74) is 2.72. The maximum Gasteiger partial charge on any atom is 0.173 e. The maximum absolute atomic E-state index is 6.21. The van der Waals surface area contributed by atoms with Gasteiger partial charge in [0.15, 0.2) is 18.9 Å². The Morgan fingerprint density at radius 1 is 0.862 bits per heavy atom. The van der Waals surface area contributed by atoms with Crippen LogP contribution in [0.5, 0.6) is 5.75 Å². The lowest BCUT2D eigenvalue weighted by atomic mass is 10.1. The van der Waals surface area contributed by atoms with Crippen molar-refractivity contribution >= 4 is 17.0 Å². The average Bonchev–Trinajstić information content (AvgIpc) is 3.17. The van der Waals surface area contributed by atoms with Crippen molar-refractivity contribution in [3.8, 4) is 5.75 Å². The second kappa shape index (κ2) is 12.1. The van der Waals surface area contributed by atoms with Gasteiger partial charge in [-0.05, 0) is 18.4 Å². The van der Waals surface area contributed by atoms with E-state index in [0.29, 0.717) is 6.10 Å². The van der Waals surface area contributed by atoms with Crippen molar-refractivity contribution in [2.24, 2.45) is 0 Å². The standard InChI is InChI=1S/C24H27N2O.2BrH/c1-3-7-21(8-4-1)11-15-26-18-14-24(20-26)27-23-12-16-25(17-13-23)19-22-9-5-2-6-10-22;;/h1-10,12-13,16-17,24H,11,14-15,18-20H2;2*1H/q+1;;/p-1. The number of likely N-dealkylation sites (tertiary alicyclic amines) is 1. The zero-order valence-electron chi connectivity index (χ0n) is 16.5. The number of halogens is 2. The number of ether oxygens (including phenoxy) is 1. The van der Waals surface area contributed by atoms with Crippen LogP contribution in [-0.4, -0.2) is 30.6 Å². The Bertz CT molecular complexity index is 829. The highest BCUT2D eigenvalue weighted by Crippen LogP contribution is 2.17. The molecule has 0 aliphatic carbocycles. The van der Waals surface area contributed by atoms with Gasteiger partial charge in [0, 0.05) is 37.3 Å². The van der Waals surface area contributed by atoms with E-state index in [1.807, 2.05) is 0 Å². The van der Waals surface area contributed by atoms with Gasteiger partial charge in [0.1, 0.15) is 11.9 Å². The van der Waals surface area contributed by atoms with E-state index in [9.17, 15) is 0 Å². The van der Waals surface area contributed by atoms with Crippen LogP contribution >= 0.6 is 17.0 Å². The number of aromatic nitrogens is 1. The van der Waals surface area contributed by atoms with Crippen LogP contribution in [0.3, 0.4) is 0 Å². The van der Waals surface area contributed by atoms with E-state index in [-0.39, 0.29) is 34.0 Å². The first-order valence-electron chi connectivity index (χ1n) is 9.81. The van der Waals surface area contributed by atoms with Crippen molar-refractivity contribution in [3.63, 3.8) is 0 Å². The molecule has 3 aromatic rings. The van der Waals surface area contributed by atoms with Crippen molar-refractivity contribution < 1.29 is 26.3 Å². The van der Waals surface area contributed by atoms with Gasteiger partial charge in [0.25, 0.3) is 0 Å². The van der Waals surface area contributed by atoms with Crippen LogP contribution in [0.1, 0.15) is 17.5 Å². The highest BCUT2D eigenvalue weighted by atomic mass is 79.9. The minimum Gasteiger partial charge on any atom is -1.00 e. The van der Waals surface area contributed by atoms with Crippen molar-refractivity contribution in [1.82, 2.24) is 4.90 Å². The summed E-state index contributed by atoms with van der Waals surface area (Å²) < 4.78 is 8.39. The largest absolute Gasteiger partial charge is 1.00 e. The van der Waals surface area contributed by atoms with Crippen LogP contribution in [0.4, 0.5) is 0 Å². The van der Waals surface area contributed by atoms with Crippen molar-refractivity contribution in [2.45, 2.75) is 25.5 Å². The summed E-state index contributed by atoms with van der Waals surface area (Å²) in [6.45, 7) is 4.14. The Morgan fingerprint density at radius 3 is 2.14 bits per heavy atom. The van der Waals surface area contributed by atoms with Gasteiger partial charge in [0.2, 0.25) is 0 Å². The highest BCUT2D eigenvalue weighted by Gasteiger charge is 2.23. The van der Waals surface area contributed by atoms with Gasteiger partial charge in [0.05, 0.1) is 0 Å². The third kappa shape index (κ3) is 7.25. The molecule has 1 aliphatic heterocycles. The van der Waals surface area contributed by atoms with Crippen LogP contribution in [0.15, 0.2) is 85.2 Å². The Kier molecular flexibility index (Phi) is 9.85. The van der Waals surface area contributed by atoms with Gasteiger partial charge < -0.3 is 21.7 Å². The molecule has 0 bridgehead atoms. The van der Waals surface area contributed by atoms with Crippen LogP contribution < -0.4 is 26.3 Å². The predicted molar refractivity (Wildman–Crippen MR) is 118 cm³/mol. The fourth-order valence-corrected chi connectivity index (χ4v) is 3.64. The van der Waals surface area contributed by atoms with Gasteiger partial charge in [-0.3, -0.25) is 4.90 Å². The normalized spacial score (nSPS) is 15.9. The third-order valence-electron chi connectivity index (χ3n) is 5.16. The lowest BCUT2D eigenvalue weighted by molar-refractivity contribution is -0.688. The molecule has 1 atom stereocenters. The minimum atomic E-state index is 0. The quantitative estimate of drug-likeness (QED) is 0.437. The summed E-state index contributed by atoms with van der Waals surface area (Å²) in [6, 6.07) is 25.4. The zero-order chi connectivity index (χ0) is 18.3. The fraction of sp³-hybridized carbons (Fsp3) is 0.292. The SMILES string of the molecule is Br.[Br-].c1ccc(CCN2CCC(Oc3cc[n+](Cc4ccccc4)cc3)C2)cc1. The number of benzene rings is 2. The Hall–Kier alpha value is -1.69. The number of nitrogens with zero attached hydrogens (tertiary/aromatic N) is 2. The molecule has 1 aromatic heterocycles. The predicted octanol–water partition coefficient (Wildman–Crippen LogP) is 1.30. The Balaban J connectivity index is 0.00000150. The van der Waals surface area contributed by atoms with Crippen LogP contribution in [0.25, 0.3) is 0 Å². The van der Waals surface area contributed by atoms with Crippen LogP contribution in [0.2, 0.25) is 0 Å². The van der Waals surface area contributed by atoms with E-state index >= 15 is 0 Å². The molecule has 1 unspecified atom stereocenters. The molecule has 5 heteroatoms. The minimum absolute atomic E-state index is 0. The molecule has 1 saturated heterocycles. The van der Waals surface area contributed by atoms with Crippen molar-refractivity contribution in [1.29, 1.82) is 0 Å². The lowest BCUT2D eigenvalue weighted by Crippen LogP contribution is -3.00. The Labute approximate surface area is 194 Å². The van der Waals surface area contributed by atoms with Crippen LogP contribution in [-0.2, 0) is 13.0 Å². The molecule has 0 N–H and O–H groups in total. The highest BCUT2D eigenvalue weighted by molar-refractivity contribution is 8.93. The van der Waals surface area contributed by atoms with E-state index in [4.69, 9.17) is 4.74 Å². The summed E-state index contributed by atoms with van der Waals surface area (Å²) >= 11 is 0. The topological polar surface area (TPSA) is 16.4 Å². The maximum atomic E-state index is 6.21. The molecule has 2 aromatic carbocycles. The molecule has 3 nitrogen and oxygen atoms in total. The molecule has 1 aliphatic rings. The molecule has 0 radical (unpaired) electrons. The molecule has 0 saturated carbocycles. The molecule has 154 valence electrons. The van der Waals surface area contributed by atoms with E-state index < -0.39 is 0 Å². The monoisotopic (exact) mass is 518 g/mol. The van der Waals surface area contributed by atoms with Gasteiger partial charge in [-0.25, -0.2) is 4.57 Å². The third-order valence-corrected chi connectivity index (χ3v) is 5.16. The molecule has 0 spiro atoms. The van der Waals surface area contributed by atoms with E-state index in [0.717, 1.165) is 44.8 Å². The molecule has 29 heavy (non-hydrogen) atoms. The first-order valence-corrected chi connectivity index (χ1v) is 9.81. The Morgan fingerprint density at radius 2 is 1.48 bits per heavy atom. The van der Waals surface area contributed by atoms with Crippen molar-refractivity contribution in [2.75, 3.05) is 19.6 Å². The summed E-state index contributed by atoms with van der Waals surface area (Å²) in [5, 5.41) is 0. The van der Waals surface area contributed by atoms with Crippen molar-refractivity contribution in [3.05, 3.63) is 96.3 Å². The molecular formula is C24H28Br2N2O. The average molecular weight is 520 g/mol. The summed E-state index contributed by atoms with van der Waals surface area (Å²) in [4.78, 5) is 2.51. The number of rotatable bonds is 7. The second-order valence-electron chi connectivity index (χ2n) is 7.26. The summed E-state index contributed by atoms with van der Waals surface area (Å²) in [5.74, 6) is 0.967. The van der Waals surface area contributed by atoms with Gasteiger partial charge >= 0.3 is 0 Å². The number of hydrogen-bond acceptors (Lipinski definition) is 2. The molecular weight excluding hydrogens is 492 g/mol. The first kappa shape index (κ1) is 23.6. The smallest absolute Gasteiger partial charge is 0.173 e. The van der Waals surface area contributed by atoms with Gasteiger partial charge in [-0.2, -0.15) is 0 Å². The molecule has 0 amide bonds. The first-order chi connectivity index (χ1) is 13.3. The molecule has 1 fully saturated rings. The van der Waals surface area contributed by atoms with Gasteiger partial charge in [-0.15, -0.1) is 17.0 Å². The second-order valence-corrected chi connectivity index (χ2v) is 7.26. The lowest BCUT2D eigenvalue weighted by Gasteiger charge is -2.16. The van der Waals surface area contributed by atoms with E-state index in [1.54, 1.807) is 0 Å².